The van der Waals surface area contributed by atoms with Crippen molar-refractivity contribution in [2.24, 2.45) is 11.8 Å². The lowest BCUT2D eigenvalue weighted by Crippen LogP contribution is -2.51. The van der Waals surface area contributed by atoms with Crippen LogP contribution in [0, 0.1) is 11.8 Å². The van der Waals surface area contributed by atoms with Gasteiger partial charge in [-0.15, -0.1) is 0 Å². The van der Waals surface area contributed by atoms with Crippen molar-refractivity contribution in [2.75, 3.05) is 0 Å². The van der Waals surface area contributed by atoms with Crippen LogP contribution in [0.1, 0.15) is 54.4 Å². The van der Waals surface area contributed by atoms with Crippen molar-refractivity contribution >= 4 is 14.4 Å². The fraction of sp³-hybridized carbons (Fsp3) is 0.941. The summed E-state index contributed by atoms with van der Waals surface area (Å²) in [4.78, 5) is 12.1. The molecule has 0 aromatic heterocycles. The van der Waals surface area contributed by atoms with Gasteiger partial charge in [-0.25, -0.2) is 4.79 Å². The zero-order valence-corrected chi connectivity index (χ0v) is 16.4. The minimum atomic E-state index is -1.82. The minimum absolute atomic E-state index is 0.104. The molecule has 2 rings (SSSR count). The van der Waals surface area contributed by atoms with Crippen LogP contribution in [0.4, 0.5) is 4.79 Å². The molecule has 0 heterocycles. The second kappa shape index (κ2) is 5.51. The fourth-order valence-electron chi connectivity index (χ4n) is 2.99. The molecule has 2 saturated carbocycles. The van der Waals surface area contributed by atoms with E-state index in [1.807, 2.05) is 20.8 Å². The molecule has 2 aliphatic carbocycles. The summed E-state index contributed by atoms with van der Waals surface area (Å²) in [6.07, 6.45) is 2.13. The molecule has 0 aromatic carbocycles. The van der Waals surface area contributed by atoms with E-state index in [1.54, 1.807) is 0 Å². The highest BCUT2D eigenvalue weighted by Gasteiger charge is 2.57. The van der Waals surface area contributed by atoms with Gasteiger partial charge in [0.05, 0.1) is 12.1 Å². The molecule has 128 valence electrons. The molecule has 5 heteroatoms. The first-order valence-corrected chi connectivity index (χ1v) is 11.4. The van der Waals surface area contributed by atoms with Crippen molar-refractivity contribution in [1.29, 1.82) is 0 Å². The van der Waals surface area contributed by atoms with Gasteiger partial charge in [0.2, 0.25) is 0 Å². The van der Waals surface area contributed by atoms with Crippen LogP contribution in [0.3, 0.4) is 0 Å². The number of fused-ring (bicyclic) bond motifs is 1. The summed E-state index contributed by atoms with van der Waals surface area (Å²) in [6, 6.07) is 0.104. The third-order valence-electron chi connectivity index (χ3n) is 5.29. The summed E-state index contributed by atoms with van der Waals surface area (Å²) in [6.45, 7) is 17.0. The molecular weight excluding hydrogens is 294 g/mol. The highest BCUT2D eigenvalue weighted by Crippen LogP contribution is 2.54. The van der Waals surface area contributed by atoms with Gasteiger partial charge in [0.15, 0.2) is 8.32 Å². The zero-order chi connectivity index (χ0) is 16.9. The molecule has 0 saturated heterocycles. The Labute approximate surface area is 136 Å². The van der Waals surface area contributed by atoms with Crippen LogP contribution in [-0.4, -0.2) is 32.2 Å². The van der Waals surface area contributed by atoms with E-state index in [0.29, 0.717) is 5.92 Å². The van der Waals surface area contributed by atoms with Crippen molar-refractivity contribution in [3.63, 3.8) is 0 Å². The maximum atomic E-state index is 12.1. The Morgan fingerprint density at radius 2 is 1.68 bits per heavy atom. The monoisotopic (exact) mass is 327 g/mol. The van der Waals surface area contributed by atoms with Crippen LogP contribution in [0.5, 0.6) is 0 Å². The minimum Gasteiger partial charge on any atom is -0.444 e. The predicted molar refractivity (Wildman–Crippen MR) is 91.4 cm³/mol. The van der Waals surface area contributed by atoms with Crippen molar-refractivity contribution in [1.82, 2.24) is 5.32 Å². The predicted octanol–water partition coefficient (Wildman–Crippen LogP) is 4.31. The summed E-state index contributed by atoms with van der Waals surface area (Å²) in [5.74, 6) is 1.36. The van der Waals surface area contributed by atoms with Gasteiger partial charge in [-0.1, -0.05) is 20.8 Å². The number of amides is 1. The number of nitrogens with one attached hydrogen (secondary N) is 1. The van der Waals surface area contributed by atoms with E-state index in [4.69, 9.17) is 9.16 Å². The molecule has 1 amide bonds. The van der Waals surface area contributed by atoms with E-state index >= 15 is 0 Å². The number of hydrogen-bond acceptors (Lipinski definition) is 3. The Kier molecular flexibility index (Phi) is 4.46. The summed E-state index contributed by atoms with van der Waals surface area (Å²) in [7, 11) is -1.82. The largest absolute Gasteiger partial charge is 0.444 e. The standard InChI is InChI=1S/C17H33NO3Si/c1-16(2,3)20-15(19)18-13-10-11-9-12(11)14(13)21-22(7,8)17(4,5)6/h11-14H,9-10H2,1-8H3,(H,18,19)/t11-,12-,13-,14-/m1/s1. The molecule has 0 aliphatic heterocycles. The van der Waals surface area contributed by atoms with Gasteiger partial charge < -0.3 is 14.5 Å². The normalized spacial score (nSPS) is 31.6. The van der Waals surface area contributed by atoms with Gasteiger partial charge in [-0.2, -0.15) is 0 Å². The van der Waals surface area contributed by atoms with Gasteiger partial charge in [0.25, 0.3) is 0 Å². The molecule has 0 unspecified atom stereocenters. The number of rotatable bonds is 3. The van der Waals surface area contributed by atoms with Gasteiger partial charge in [0.1, 0.15) is 5.60 Å². The van der Waals surface area contributed by atoms with Crippen LogP contribution < -0.4 is 5.32 Å². The van der Waals surface area contributed by atoms with Crippen LogP contribution in [0.15, 0.2) is 0 Å². The maximum Gasteiger partial charge on any atom is 0.407 e. The summed E-state index contributed by atoms with van der Waals surface area (Å²) in [5, 5.41) is 3.25. The molecule has 2 aliphatic rings. The molecule has 2 fully saturated rings. The fourth-order valence-corrected chi connectivity index (χ4v) is 4.36. The second-order valence-electron chi connectivity index (χ2n) is 9.49. The summed E-state index contributed by atoms with van der Waals surface area (Å²) >= 11 is 0. The van der Waals surface area contributed by atoms with E-state index in [-0.39, 0.29) is 23.3 Å². The van der Waals surface area contributed by atoms with E-state index in [2.05, 4.69) is 39.2 Å². The molecule has 0 bridgehead atoms. The van der Waals surface area contributed by atoms with Crippen molar-refractivity contribution in [3.05, 3.63) is 0 Å². The third kappa shape index (κ3) is 4.05. The van der Waals surface area contributed by atoms with E-state index in [9.17, 15) is 4.79 Å². The molecule has 1 N–H and O–H groups in total. The third-order valence-corrected chi connectivity index (χ3v) is 9.77. The lowest BCUT2D eigenvalue weighted by molar-refractivity contribution is 0.0438. The van der Waals surface area contributed by atoms with E-state index < -0.39 is 13.9 Å². The van der Waals surface area contributed by atoms with Crippen LogP contribution in [-0.2, 0) is 9.16 Å². The lowest BCUT2D eigenvalue weighted by Gasteiger charge is -2.40. The van der Waals surface area contributed by atoms with Crippen LogP contribution in [0.2, 0.25) is 18.1 Å². The van der Waals surface area contributed by atoms with E-state index in [1.165, 1.54) is 6.42 Å². The average Bonchev–Trinajstić information content (AvgIpc) is 2.93. The molecule has 4 atom stereocenters. The molecule has 0 aromatic rings. The smallest absolute Gasteiger partial charge is 0.407 e. The van der Waals surface area contributed by atoms with Crippen LogP contribution >= 0.6 is 0 Å². The maximum absolute atomic E-state index is 12.1. The number of carbonyl (C=O) groups excluding carboxylic acids is 1. The van der Waals surface area contributed by atoms with Gasteiger partial charge in [-0.05, 0) is 63.6 Å². The zero-order valence-electron chi connectivity index (χ0n) is 15.4. The summed E-state index contributed by atoms with van der Waals surface area (Å²) < 4.78 is 12.0. The number of alkyl carbamates (subject to hydrolysis) is 1. The van der Waals surface area contributed by atoms with Crippen LogP contribution in [0.25, 0.3) is 0 Å². The Hall–Kier alpha value is -0.553. The number of ether oxygens (including phenoxy) is 1. The first-order chi connectivity index (χ1) is 9.80. The topological polar surface area (TPSA) is 47.6 Å². The lowest BCUT2D eigenvalue weighted by atomic mass is 10.1. The van der Waals surface area contributed by atoms with Gasteiger partial charge in [-0.3, -0.25) is 0 Å². The van der Waals surface area contributed by atoms with Gasteiger partial charge >= 0.3 is 6.09 Å². The Morgan fingerprint density at radius 1 is 1.09 bits per heavy atom. The first-order valence-electron chi connectivity index (χ1n) is 8.47. The molecule has 0 radical (unpaired) electrons. The average molecular weight is 328 g/mol. The Bertz CT molecular complexity index is 436. The summed E-state index contributed by atoms with van der Waals surface area (Å²) in [5.41, 5.74) is -0.457. The molecular formula is C17H33NO3Si. The highest BCUT2D eigenvalue weighted by atomic mass is 28.4. The first kappa shape index (κ1) is 17.8. The van der Waals surface area contributed by atoms with Crippen molar-refractivity contribution in [3.8, 4) is 0 Å². The Morgan fingerprint density at radius 3 is 2.18 bits per heavy atom. The quantitative estimate of drug-likeness (QED) is 0.786. The second-order valence-corrected chi connectivity index (χ2v) is 14.2. The molecule has 4 nitrogen and oxygen atoms in total. The van der Waals surface area contributed by atoms with E-state index in [0.717, 1.165) is 12.3 Å². The van der Waals surface area contributed by atoms with Gasteiger partial charge in [0, 0.05) is 0 Å². The number of carbonyl (C=O) groups is 1. The number of hydrogen-bond donors (Lipinski definition) is 1. The SMILES string of the molecule is CC(C)(C)OC(=O)N[C@@H]1C[C@H]2C[C@H]2[C@H]1O[Si](C)(C)C(C)(C)C. The molecule has 0 spiro atoms. The van der Waals surface area contributed by atoms with Crippen molar-refractivity contribution < 1.29 is 14.0 Å². The molecule has 22 heavy (non-hydrogen) atoms. The Balaban J connectivity index is 1.99. The highest BCUT2D eigenvalue weighted by molar-refractivity contribution is 6.74. The van der Waals surface area contributed by atoms with Crippen molar-refractivity contribution in [2.45, 2.75) is 90.3 Å².